The molecule has 6 nitrogen and oxygen atoms in total. The van der Waals surface area contributed by atoms with E-state index in [1.807, 2.05) is 38.1 Å². The predicted molar refractivity (Wildman–Crippen MR) is 81.1 cm³/mol. The van der Waals surface area contributed by atoms with Crippen LogP contribution in [0.15, 0.2) is 30.3 Å². The van der Waals surface area contributed by atoms with Crippen molar-refractivity contribution in [3.8, 4) is 0 Å². The number of benzene rings is 1. The molecular weight excluding hydrogens is 268 g/mol. The lowest BCUT2D eigenvalue weighted by molar-refractivity contribution is 0.175. The van der Waals surface area contributed by atoms with E-state index in [9.17, 15) is 9.90 Å². The van der Waals surface area contributed by atoms with Gasteiger partial charge in [-0.3, -0.25) is 10.00 Å². The number of hydrogen-bond donors (Lipinski definition) is 3. The molecular formula is C15H20N4O2. The van der Waals surface area contributed by atoms with E-state index in [4.69, 9.17) is 0 Å². The Kier molecular flexibility index (Phi) is 4.59. The second-order valence-corrected chi connectivity index (χ2v) is 5.06. The van der Waals surface area contributed by atoms with E-state index in [-0.39, 0.29) is 12.6 Å². The Hall–Kier alpha value is -2.34. The Labute approximate surface area is 123 Å². The number of nitrogens with one attached hydrogen (secondary N) is 2. The Balaban J connectivity index is 1.86. The van der Waals surface area contributed by atoms with Gasteiger partial charge in [-0.05, 0) is 19.4 Å². The minimum atomic E-state index is -0.732. The molecule has 0 spiro atoms. The van der Waals surface area contributed by atoms with Crippen molar-refractivity contribution in [3.05, 3.63) is 47.2 Å². The lowest BCUT2D eigenvalue weighted by atomic mass is 10.1. The van der Waals surface area contributed by atoms with Crippen molar-refractivity contribution in [1.82, 2.24) is 15.1 Å². The average molecular weight is 288 g/mol. The molecule has 0 saturated heterocycles. The van der Waals surface area contributed by atoms with Crippen LogP contribution in [0.25, 0.3) is 0 Å². The summed E-state index contributed by atoms with van der Waals surface area (Å²) >= 11 is 0. The molecule has 2 aromatic rings. The molecule has 1 unspecified atom stereocenters. The molecule has 0 bridgehead atoms. The molecule has 0 aliphatic rings. The summed E-state index contributed by atoms with van der Waals surface area (Å²) in [4.78, 5) is 11.8. The van der Waals surface area contributed by atoms with Crippen LogP contribution in [-0.4, -0.2) is 27.5 Å². The molecule has 2 rings (SSSR count). The van der Waals surface area contributed by atoms with E-state index in [0.29, 0.717) is 5.82 Å². The van der Waals surface area contributed by atoms with Crippen molar-refractivity contribution in [3.63, 3.8) is 0 Å². The fraction of sp³-hybridized carbons (Fsp3) is 0.333. The zero-order valence-electron chi connectivity index (χ0n) is 12.4. The number of aromatic nitrogens is 2. The van der Waals surface area contributed by atoms with Crippen molar-refractivity contribution in [2.75, 3.05) is 11.9 Å². The molecule has 1 atom stereocenters. The maximum atomic E-state index is 11.8. The lowest BCUT2D eigenvalue weighted by Gasteiger charge is -2.13. The van der Waals surface area contributed by atoms with Crippen LogP contribution in [0, 0.1) is 13.8 Å². The number of carbonyl (C=O) groups excluding carboxylic acids is 1. The zero-order chi connectivity index (χ0) is 15.4. The third kappa shape index (κ3) is 4.06. The van der Waals surface area contributed by atoms with Crippen molar-refractivity contribution >= 4 is 11.8 Å². The average Bonchev–Trinajstić information content (AvgIpc) is 2.75. The Morgan fingerprint density at radius 1 is 1.33 bits per heavy atom. The number of nitrogens with zero attached hydrogens (tertiary/aromatic N) is 2. The number of urea groups is 1. The van der Waals surface area contributed by atoms with Gasteiger partial charge < -0.3 is 10.4 Å². The molecule has 1 heterocycles. The monoisotopic (exact) mass is 288 g/mol. The summed E-state index contributed by atoms with van der Waals surface area (Å²) in [6.45, 7) is 3.98. The van der Waals surface area contributed by atoms with Gasteiger partial charge in [-0.1, -0.05) is 29.8 Å². The number of rotatable bonds is 4. The van der Waals surface area contributed by atoms with E-state index in [0.717, 1.165) is 16.8 Å². The van der Waals surface area contributed by atoms with Crippen LogP contribution in [0.1, 0.15) is 22.9 Å². The molecule has 112 valence electrons. The number of anilines is 1. The van der Waals surface area contributed by atoms with E-state index in [1.165, 1.54) is 0 Å². The van der Waals surface area contributed by atoms with Gasteiger partial charge in [0, 0.05) is 19.7 Å². The zero-order valence-corrected chi connectivity index (χ0v) is 12.4. The number of hydrogen-bond acceptors (Lipinski definition) is 3. The second kappa shape index (κ2) is 6.41. The molecule has 1 aromatic carbocycles. The van der Waals surface area contributed by atoms with E-state index in [1.54, 1.807) is 17.8 Å². The number of aryl methyl sites for hydroxylation is 3. The summed E-state index contributed by atoms with van der Waals surface area (Å²) < 4.78 is 1.59. The minimum absolute atomic E-state index is 0.145. The Bertz CT molecular complexity index is 619. The van der Waals surface area contributed by atoms with E-state index in [2.05, 4.69) is 15.7 Å². The maximum absolute atomic E-state index is 11.8. The lowest BCUT2D eigenvalue weighted by Crippen LogP contribution is -2.33. The quantitative estimate of drug-likeness (QED) is 0.804. The molecule has 1 aromatic heterocycles. The topological polar surface area (TPSA) is 79.2 Å². The van der Waals surface area contributed by atoms with Gasteiger partial charge in [-0.15, -0.1) is 0 Å². The van der Waals surface area contributed by atoms with Crippen LogP contribution in [0.3, 0.4) is 0 Å². The van der Waals surface area contributed by atoms with Crippen molar-refractivity contribution < 1.29 is 9.90 Å². The SMILES string of the molecule is Cc1ccc(C(O)CNC(=O)Nc2cc(C)nn2C)cc1. The number of amides is 2. The van der Waals surface area contributed by atoms with Crippen molar-refractivity contribution in [2.24, 2.45) is 7.05 Å². The van der Waals surface area contributed by atoms with Gasteiger partial charge in [0.2, 0.25) is 0 Å². The van der Waals surface area contributed by atoms with Gasteiger partial charge in [0.15, 0.2) is 0 Å². The first-order valence-corrected chi connectivity index (χ1v) is 6.76. The summed E-state index contributed by atoms with van der Waals surface area (Å²) in [6.07, 6.45) is -0.732. The molecule has 6 heteroatoms. The largest absolute Gasteiger partial charge is 0.387 e. The highest BCUT2D eigenvalue weighted by Crippen LogP contribution is 2.13. The first-order valence-electron chi connectivity index (χ1n) is 6.76. The summed E-state index contributed by atoms with van der Waals surface area (Å²) in [7, 11) is 1.75. The smallest absolute Gasteiger partial charge is 0.320 e. The molecule has 3 N–H and O–H groups in total. The van der Waals surface area contributed by atoms with Gasteiger partial charge >= 0.3 is 6.03 Å². The second-order valence-electron chi connectivity index (χ2n) is 5.06. The fourth-order valence-electron chi connectivity index (χ4n) is 1.98. The molecule has 0 radical (unpaired) electrons. The third-order valence-electron chi connectivity index (χ3n) is 3.16. The van der Waals surface area contributed by atoms with Crippen molar-refractivity contribution in [2.45, 2.75) is 20.0 Å². The Morgan fingerprint density at radius 3 is 2.57 bits per heavy atom. The van der Waals surface area contributed by atoms with E-state index >= 15 is 0 Å². The predicted octanol–water partition coefficient (Wildman–Crippen LogP) is 1.89. The van der Waals surface area contributed by atoms with Crippen LogP contribution in [0.5, 0.6) is 0 Å². The van der Waals surface area contributed by atoms with Gasteiger partial charge in [-0.2, -0.15) is 5.10 Å². The standard InChI is InChI=1S/C15H20N4O2/c1-10-4-6-12(7-5-10)13(20)9-16-15(21)17-14-8-11(2)18-19(14)3/h4-8,13,20H,9H2,1-3H3,(H2,16,17,21). The van der Waals surface area contributed by atoms with Gasteiger partial charge in [-0.25, -0.2) is 4.79 Å². The number of aliphatic hydroxyl groups is 1. The molecule has 0 saturated carbocycles. The normalized spacial score (nSPS) is 12.0. The molecule has 2 amide bonds. The summed E-state index contributed by atoms with van der Waals surface area (Å²) in [6, 6.07) is 8.96. The van der Waals surface area contributed by atoms with Crippen LogP contribution in [0.2, 0.25) is 0 Å². The van der Waals surface area contributed by atoms with Gasteiger partial charge in [0.1, 0.15) is 5.82 Å². The maximum Gasteiger partial charge on any atom is 0.320 e. The number of aliphatic hydroxyl groups excluding tert-OH is 1. The first kappa shape index (κ1) is 15.1. The highest BCUT2D eigenvalue weighted by atomic mass is 16.3. The summed E-state index contributed by atoms with van der Waals surface area (Å²) in [5.41, 5.74) is 2.73. The van der Waals surface area contributed by atoms with Crippen LogP contribution in [-0.2, 0) is 7.05 Å². The molecule has 21 heavy (non-hydrogen) atoms. The molecule has 0 aliphatic heterocycles. The van der Waals surface area contributed by atoms with Gasteiger partial charge in [0.25, 0.3) is 0 Å². The van der Waals surface area contributed by atoms with Crippen LogP contribution >= 0.6 is 0 Å². The summed E-state index contributed by atoms with van der Waals surface area (Å²) in [5, 5.41) is 19.5. The van der Waals surface area contributed by atoms with Crippen LogP contribution in [0.4, 0.5) is 10.6 Å². The fourth-order valence-corrected chi connectivity index (χ4v) is 1.98. The molecule has 0 fully saturated rings. The molecule has 0 aliphatic carbocycles. The van der Waals surface area contributed by atoms with E-state index < -0.39 is 6.10 Å². The minimum Gasteiger partial charge on any atom is -0.387 e. The highest BCUT2D eigenvalue weighted by molar-refractivity contribution is 5.88. The number of carbonyl (C=O) groups is 1. The third-order valence-corrected chi connectivity index (χ3v) is 3.16. The first-order chi connectivity index (χ1) is 9.95. The van der Waals surface area contributed by atoms with Gasteiger partial charge in [0.05, 0.1) is 11.8 Å². The highest BCUT2D eigenvalue weighted by Gasteiger charge is 2.10. The summed E-state index contributed by atoms with van der Waals surface area (Å²) in [5.74, 6) is 0.606. The van der Waals surface area contributed by atoms with Crippen molar-refractivity contribution in [1.29, 1.82) is 0 Å². The van der Waals surface area contributed by atoms with Crippen LogP contribution < -0.4 is 10.6 Å². The Morgan fingerprint density at radius 2 is 2.00 bits per heavy atom.